The number of hydrogen-bond donors (Lipinski definition) is 3. The summed E-state index contributed by atoms with van der Waals surface area (Å²) in [5.41, 5.74) is 7.16. The van der Waals surface area contributed by atoms with Gasteiger partial charge in [-0.25, -0.2) is 19.8 Å². The molecule has 182 valence electrons. The van der Waals surface area contributed by atoms with Crippen LogP contribution in [0.3, 0.4) is 0 Å². The number of benzene rings is 2. The Kier molecular flexibility index (Phi) is 6.16. The molecule has 1 atom stereocenters. The van der Waals surface area contributed by atoms with Crippen molar-refractivity contribution in [2.75, 3.05) is 0 Å². The summed E-state index contributed by atoms with van der Waals surface area (Å²) in [6.07, 6.45) is 2.72. The van der Waals surface area contributed by atoms with Crippen molar-refractivity contribution in [3.05, 3.63) is 106 Å². The number of aryl methyl sites for hydroxylation is 2. The number of nitrogens with zero attached hydrogens (tertiary/aromatic N) is 3. The molecule has 5 rings (SSSR count). The van der Waals surface area contributed by atoms with Crippen LogP contribution < -0.4 is 16.1 Å². The highest BCUT2D eigenvalue weighted by Crippen LogP contribution is 2.32. The lowest BCUT2D eigenvalue weighted by molar-refractivity contribution is 0.0931. The molecule has 0 bridgehead atoms. The van der Waals surface area contributed by atoms with Gasteiger partial charge in [0.05, 0.1) is 6.04 Å². The molecule has 0 saturated heterocycles. The molecule has 1 aliphatic heterocycles. The molecule has 9 nitrogen and oxygen atoms in total. The smallest absolute Gasteiger partial charge is 0.270 e. The molecule has 3 aromatic rings. The van der Waals surface area contributed by atoms with Gasteiger partial charge in [0.2, 0.25) is 5.88 Å². The Morgan fingerprint density at radius 1 is 1.14 bits per heavy atom. The first kappa shape index (κ1) is 23.2. The number of fused-ring (bicyclic) bond motifs is 1. The van der Waals surface area contributed by atoms with Crippen molar-refractivity contribution in [1.29, 1.82) is 0 Å². The predicted molar refractivity (Wildman–Crippen MR) is 129 cm³/mol. The van der Waals surface area contributed by atoms with Gasteiger partial charge >= 0.3 is 0 Å². The van der Waals surface area contributed by atoms with Crippen molar-refractivity contribution in [2.45, 2.75) is 32.4 Å². The fourth-order valence-electron chi connectivity index (χ4n) is 4.24. The standard InChI is InChI=1S/C26H23FN6O3/c1-14-9-16(3-7-20(14)27)12-28-25(34)22-11-23(30-13-29-22)26(35)32-21-8-5-17-10-18(4-6-19(17)21)24-31-15(2)36-33-24/h3-4,6-7,9-11,13,21H,2,5,8,12H2,1H3,(H,28,34)(H,31,33)(H,32,35)/t21-/m0/s1. The first-order valence-corrected chi connectivity index (χ1v) is 11.4. The van der Waals surface area contributed by atoms with Gasteiger partial charge in [-0.2, -0.15) is 4.99 Å². The fourth-order valence-corrected chi connectivity index (χ4v) is 4.24. The fraction of sp³-hybridized carbons (Fsp3) is 0.192. The highest BCUT2D eigenvalue weighted by molar-refractivity contribution is 6.00. The lowest BCUT2D eigenvalue weighted by Crippen LogP contribution is -2.29. The molecule has 1 aromatic heterocycles. The van der Waals surface area contributed by atoms with E-state index in [1.165, 1.54) is 18.5 Å². The summed E-state index contributed by atoms with van der Waals surface area (Å²) in [5.74, 6) is -0.255. The third-order valence-electron chi connectivity index (χ3n) is 6.11. The summed E-state index contributed by atoms with van der Waals surface area (Å²) >= 11 is 0. The van der Waals surface area contributed by atoms with Gasteiger partial charge in [0.25, 0.3) is 11.8 Å². The molecular formula is C26H23FN6O3. The summed E-state index contributed by atoms with van der Waals surface area (Å²) < 4.78 is 13.4. The van der Waals surface area contributed by atoms with E-state index >= 15 is 0 Å². The van der Waals surface area contributed by atoms with E-state index in [0.29, 0.717) is 17.3 Å². The molecule has 2 amide bonds. The van der Waals surface area contributed by atoms with Gasteiger partial charge in [-0.05, 0) is 60.7 Å². The van der Waals surface area contributed by atoms with Crippen LogP contribution in [0.5, 0.6) is 0 Å². The molecule has 0 fully saturated rings. The average Bonchev–Trinajstić information content (AvgIpc) is 3.50. The minimum Gasteiger partial charge on any atom is -0.361 e. The molecule has 2 aliphatic rings. The van der Waals surface area contributed by atoms with Crippen LogP contribution in [0.15, 0.2) is 66.2 Å². The first-order valence-electron chi connectivity index (χ1n) is 11.4. The normalized spacial score (nSPS) is 16.0. The van der Waals surface area contributed by atoms with Crippen LogP contribution in [0.25, 0.3) is 0 Å². The van der Waals surface area contributed by atoms with E-state index in [2.05, 4.69) is 37.7 Å². The van der Waals surface area contributed by atoms with Crippen molar-refractivity contribution in [1.82, 2.24) is 26.1 Å². The Balaban J connectivity index is 1.23. The minimum atomic E-state index is -0.456. The summed E-state index contributed by atoms with van der Waals surface area (Å²) in [5, 5.41) is 5.73. The van der Waals surface area contributed by atoms with Crippen molar-refractivity contribution in [3.63, 3.8) is 0 Å². The van der Waals surface area contributed by atoms with E-state index in [4.69, 9.17) is 4.84 Å². The van der Waals surface area contributed by atoms with Crippen molar-refractivity contribution in [3.8, 4) is 0 Å². The molecule has 1 aliphatic carbocycles. The number of amidine groups is 1. The molecule has 36 heavy (non-hydrogen) atoms. The van der Waals surface area contributed by atoms with E-state index in [-0.39, 0.29) is 29.8 Å². The summed E-state index contributed by atoms with van der Waals surface area (Å²) in [6.45, 7) is 5.52. The Hall–Kier alpha value is -4.60. The van der Waals surface area contributed by atoms with E-state index in [9.17, 15) is 14.0 Å². The number of carbonyl (C=O) groups is 2. The monoisotopic (exact) mass is 486 g/mol. The number of halogens is 1. The maximum atomic E-state index is 13.4. The van der Waals surface area contributed by atoms with Crippen molar-refractivity contribution >= 4 is 17.6 Å². The van der Waals surface area contributed by atoms with E-state index in [1.54, 1.807) is 19.1 Å². The van der Waals surface area contributed by atoms with Crippen LogP contribution in [-0.4, -0.2) is 27.6 Å². The first-order chi connectivity index (χ1) is 17.4. The number of amides is 2. The zero-order valence-electron chi connectivity index (χ0n) is 19.5. The highest BCUT2D eigenvalue weighted by atomic mass is 19.1. The molecule has 3 N–H and O–H groups in total. The topological polar surface area (TPSA) is 118 Å². The summed E-state index contributed by atoms with van der Waals surface area (Å²) in [6, 6.07) is 11.7. The van der Waals surface area contributed by atoms with Gasteiger partial charge in [0, 0.05) is 18.2 Å². The van der Waals surface area contributed by atoms with Gasteiger partial charge < -0.3 is 15.5 Å². The van der Waals surface area contributed by atoms with E-state index in [1.807, 2.05) is 18.2 Å². The summed E-state index contributed by atoms with van der Waals surface area (Å²) in [4.78, 5) is 42.8. The maximum absolute atomic E-state index is 13.4. The second kappa shape index (κ2) is 9.57. The Morgan fingerprint density at radius 3 is 2.69 bits per heavy atom. The minimum absolute atomic E-state index is 0.0686. The third kappa shape index (κ3) is 4.78. The molecule has 0 unspecified atom stereocenters. The number of carbonyl (C=O) groups excluding carboxylic acids is 2. The summed E-state index contributed by atoms with van der Waals surface area (Å²) in [7, 11) is 0. The predicted octanol–water partition coefficient (Wildman–Crippen LogP) is 3.02. The number of hydroxylamine groups is 1. The zero-order valence-corrected chi connectivity index (χ0v) is 19.5. The van der Waals surface area contributed by atoms with Crippen LogP contribution in [0.4, 0.5) is 4.39 Å². The number of aromatic nitrogens is 2. The SMILES string of the molecule is C=C1N=C(c2ccc3c(c2)CC[C@@H]3NC(=O)c2cc(C(=O)NCc3ccc(F)c(C)c3)ncn2)NO1. The van der Waals surface area contributed by atoms with Crippen molar-refractivity contribution in [2.24, 2.45) is 4.99 Å². The van der Waals surface area contributed by atoms with Crippen molar-refractivity contribution < 1.29 is 18.8 Å². The quantitative estimate of drug-likeness (QED) is 0.493. The van der Waals surface area contributed by atoms with Gasteiger partial charge in [-0.15, -0.1) is 0 Å². The number of aliphatic imine (C=N–C) groups is 1. The Morgan fingerprint density at radius 2 is 1.94 bits per heavy atom. The highest BCUT2D eigenvalue weighted by Gasteiger charge is 2.26. The molecular weight excluding hydrogens is 463 g/mol. The third-order valence-corrected chi connectivity index (χ3v) is 6.11. The van der Waals surface area contributed by atoms with Gasteiger partial charge in [0.1, 0.15) is 23.5 Å². The zero-order chi connectivity index (χ0) is 25.2. The lowest BCUT2D eigenvalue weighted by Gasteiger charge is -2.14. The van der Waals surface area contributed by atoms with Crippen LogP contribution in [0.2, 0.25) is 0 Å². The Bertz CT molecular complexity index is 1420. The molecule has 0 saturated carbocycles. The van der Waals surface area contributed by atoms with E-state index in [0.717, 1.165) is 35.1 Å². The van der Waals surface area contributed by atoms with Gasteiger partial charge in [0.15, 0.2) is 5.84 Å². The van der Waals surface area contributed by atoms with E-state index < -0.39 is 11.8 Å². The van der Waals surface area contributed by atoms with Crippen LogP contribution >= 0.6 is 0 Å². The Labute approximate surface area is 206 Å². The molecule has 0 radical (unpaired) electrons. The van der Waals surface area contributed by atoms with Gasteiger partial charge in [-0.1, -0.05) is 24.3 Å². The van der Waals surface area contributed by atoms with Crippen LogP contribution in [0, 0.1) is 12.7 Å². The number of rotatable bonds is 6. The molecule has 2 heterocycles. The molecule has 0 spiro atoms. The average molecular weight is 487 g/mol. The lowest BCUT2D eigenvalue weighted by atomic mass is 10.0. The second-order valence-electron chi connectivity index (χ2n) is 8.59. The molecule has 10 heteroatoms. The number of nitrogens with one attached hydrogen (secondary N) is 3. The second-order valence-corrected chi connectivity index (χ2v) is 8.59. The molecule has 2 aromatic carbocycles. The van der Waals surface area contributed by atoms with Gasteiger partial charge in [-0.3, -0.25) is 9.59 Å². The van der Waals surface area contributed by atoms with Crippen LogP contribution in [0.1, 0.15) is 61.3 Å². The number of hydrogen-bond acceptors (Lipinski definition) is 7. The largest absolute Gasteiger partial charge is 0.361 e. The maximum Gasteiger partial charge on any atom is 0.270 e. The van der Waals surface area contributed by atoms with Crippen LogP contribution in [-0.2, 0) is 17.8 Å².